The van der Waals surface area contributed by atoms with Crippen LogP contribution in [-0.4, -0.2) is 10.1 Å². The Morgan fingerprint density at radius 1 is 1.67 bits per heavy atom. The lowest BCUT2D eigenvalue weighted by Crippen LogP contribution is -2.31. The number of hydrogen-bond donors (Lipinski definition) is 1. The van der Waals surface area contributed by atoms with Crippen LogP contribution in [0.3, 0.4) is 0 Å². The molecule has 80 valence electrons. The van der Waals surface area contributed by atoms with E-state index in [4.69, 9.17) is 5.26 Å². The zero-order chi connectivity index (χ0) is 11.5. The smallest absolute Gasteiger partial charge is 0.141 e. The summed E-state index contributed by atoms with van der Waals surface area (Å²) in [7, 11) is 0. The Morgan fingerprint density at radius 3 is 2.73 bits per heavy atom. The predicted molar refractivity (Wildman–Crippen MR) is 53.2 cm³/mol. The van der Waals surface area contributed by atoms with Crippen molar-refractivity contribution in [1.82, 2.24) is 4.98 Å². The number of hydrogen-bond acceptors (Lipinski definition) is 3. The van der Waals surface area contributed by atoms with Crippen molar-refractivity contribution in [2.75, 3.05) is 0 Å². The fraction of sp³-hybridized carbons (Fsp3) is 0.455. The van der Waals surface area contributed by atoms with E-state index in [0.29, 0.717) is 12.1 Å². The van der Waals surface area contributed by atoms with Crippen LogP contribution in [0.2, 0.25) is 0 Å². The highest BCUT2D eigenvalue weighted by Gasteiger charge is 2.33. The molecule has 0 saturated carbocycles. The van der Waals surface area contributed by atoms with Crippen LogP contribution in [-0.2, 0) is 5.60 Å². The Balaban J connectivity index is 3.05. The monoisotopic (exact) mass is 208 g/mol. The van der Waals surface area contributed by atoms with Crippen LogP contribution in [0.1, 0.15) is 26.0 Å². The van der Waals surface area contributed by atoms with E-state index >= 15 is 0 Å². The van der Waals surface area contributed by atoms with Gasteiger partial charge < -0.3 is 5.11 Å². The summed E-state index contributed by atoms with van der Waals surface area (Å²) in [5, 5.41) is 19.0. The molecule has 0 fully saturated rings. The van der Waals surface area contributed by atoms with Gasteiger partial charge in [-0.2, -0.15) is 5.26 Å². The number of aromatic nitrogens is 1. The highest BCUT2D eigenvalue weighted by molar-refractivity contribution is 5.16. The summed E-state index contributed by atoms with van der Waals surface area (Å²) in [5.74, 6) is -1.00. The van der Waals surface area contributed by atoms with E-state index < -0.39 is 17.3 Å². The molecular formula is C11H13FN2O. The van der Waals surface area contributed by atoms with Gasteiger partial charge >= 0.3 is 0 Å². The van der Waals surface area contributed by atoms with Crippen molar-refractivity contribution in [2.45, 2.75) is 25.9 Å². The first-order valence-corrected chi connectivity index (χ1v) is 4.76. The van der Waals surface area contributed by atoms with E-state index in [1.807, 2.05) is 13.0 Å². The zero-order valence-electron chi connectivity index (χ0n) is 8.74. The summed E-state index contributed by atoms with van der Waals surface area (Å²) in [6.07, 6.45) is 1.55. The first kappa shape index (κ1) is 11.6. The molecule has 2 unspecified atom stereocenters. The van der Waals surface area contributed by atoms with Gasteiger partial charge in [0.15, 0.2) is 0 Å². The summed E-state index contributed by atoms with van der Waals surface area (Å²) >= 11 is 0. The SMILES string of the molecule is CCC(C#N)C(C)(O)c1ccc(F)cn1. The molecule has 1 rings (SSSR count). The van der Waals surface area contributed by atoms with Gasteiger partial charge in [-0.15, -0.1) is 0 Å². The van der Waals surface area contributed by atoms with Gasteiger partial charge in [0.1, 0.15) is 11.4 Å². The Labute approximate surface area is 88.2 Å². The molecule has 1 aromatic rings. The standard InChI is InChI=1S/C11H13FN2O/c1-3-8(6-13)11(2,15)10-5-4-9(12)7-14-10/h4-5,7-8,15H,3H2,1-2H3. The van der Waals surface area contributed by atoms with E-state index in [0.717, 1.165) is 6.20 Å². The second-order valence-corrected chi connectivity index (χ2v) is 3.60. The lowest BCUT2D eigenvalue weighted by Gasteiger charge is -2.26. The summed E-state index contributed by atoms with van der Waals surface area (Å²) < 4.78 is 12.6. The summed E-state index contributed by atoms with van der Waals surface area (Å²) in [5.41, 5.74) is -1.02. The number of nitriles is 1. The normalized spacial score (nSPS) is 16.5. The zero-order valence-corrected chi connectivity index (χ0v) is 8.74. The van der Waals surface area contributed by atoms with Crippen LogP contribution in [0.4, 0.5) is 4.39 Å². The predicted octanol–water partition coefficient (Wildman–Crippen LogP) is 1.98. The Bertz CT molecular complexity index is 367. The topological polar surface area (TPSA) is 56.9 Å². The van der Waals surface area contributed by atoms with Crippen molar-refractivity contribution in [3.8, 4) is 6.07 Å². The van der Waals surface area contributed by atoms with Gasteiger partial charge in [0.05, 0.1) is 23.9 Å². The third kappa shape index (κ3) is 2.31. The molecule has 0 aromatic carbocycles. The number of aliphatic hydroxyl groups is 1. The molecular weight excluding hydrogens is 195 g/mol. The summed E-state index contributed by atoms with van der Waals surface area (Å²) in [6.45, 7) is 3.33. The number of halogens is 1. The average Bonchev–Trinajstić information content (AvgIpc) is 2.19. The number of rotatable bonds is 3. The lowest BCUT2D eigenvalue weighted by atomic mass is 9.85. The minimum atomic E-state index is -1.34. The first-order valence-electron chi connectivity index (χ1n) is 4.76. The minimum absolute atomic E-state index is 0.317. The maximum absolute atomic E-state index is 12.6. The molecule has 0 aliphatic heterocycles. The van der Waals surface area contributed by atoms with Crippen LogP contribution in [0.25, 0.3) is 0 Å². The Hall–Kier alpha value is -1.47. The van der Waals surface area contributed by atoms with Crippen molar-refractivity contribution < 1.29 is 9.50 Å². The van der Waals surface area contributed by atoms with Crippen molar-refractivity contribution in [1.29, 1.82) is 5.26 Å². The Kier molecular flexibility index (Phi) is 3.38. The molecule has 4 heteroatoms. The second kappa shape index (κ2) is 4.37. The summed E-state index contributed by atoms with van der Waals surface area (Å²) in [6, 6.07) is 4.64. The molecule has 1 N–H and O–H groups in total. The fourth-order valence-electron chi connectivity index (χ4n) is 1.47. The number of nitrogens with zero attached hydrogens (tertiary/aromatic N) is 2. The van der Waals surface area contributed by atoms with Crippen LogP contribution in [0.5, 0.6) is 0 Å². The lowest BCUT2D eigenvalue weighted by molar-refractivity contribution is 0.0108. The average molecular weight is 208 g/mol. The Morgan fingerprint density at radius 2 is 2.33 bits per heavy atom. The third-order valence-electron chi connectivity index (χ3n) is 2.49. The van der Waals surface area contributed by atoms with Gasteiger partial charge in [0.2, 0.25) is 0 Å². The molecule has 1 aromatic heterocycles. The van der Waals surface area contributed by atoms with Crippen molar-refractivity contribution in [3.63, 3.8) is 0 Å². The molecule has 0 radical (unpaired) electrons. The number of pyridine rings is 1. The van der Waals surface area contributed by atoms with E-state index in [2.05, 4.69) is 4.98 Å². The van der Waals surface area contributed by atoms with E-state index in [-0.39, 0.29) is 0 Å². The van der Waals surface area contributed by atoms with E-state index in [9.17, 15) is 9.50 Å². The molecule has 0 aliphatic carbocycles. The van der Waals surface area contributed by atoms with Gasteiger partial charge in [0, 0.05) is 0 Å². The van der Waals surface area contributed by atoms with Gasteiger partial charge in [-0.05, 0) is 25.5 Å². The van der Waals surface area contributed by atoms with Crippen LogP contribution < -0.4 is 0 Å². The molecule has 0 saturated heterocycles. The van der Waals surface area contributed by atoms with Gasteiger partial charge in [0.25, 0.3) is 0 Å². The molecule has 1 heterocycles. The molecule has 0 bridgehead atoms. The van der Waals surface area contributed by atoms with Crippen LogP contribution in [0, 0.1) is 23.1 Å². The minimum Gasteiger partial charge on any atom is -0.382 e. The van der Waals surface area contributed by atoms with Gasteiger partial charge in [-0.3, -0.25) is 4.98 Å². The van der Waals surface area contributed by atoms with Crippen molar-refractivity contribution in [2.24, 2.45) is 5.92 Å². The quantitative estimate of drug-likeness (QED) is 0.826. The molecule has 0 amide bonds. The molecule has 0 aliphatic rings. The molecule has 3 nitrogen and oxygen atoms in total. The maximum atomic E-state index is 12.6. The second-order valence-electron chi connectivity index (χ2n) is 3.60. The molecule has 2 atom stereocenters. The summed E-state index contributed by atoms with van der Waals surface area (Å²) in [4.78, 5) is 3.79. The fourth-order valence-corrected chi connectivity index (χ4v) is 1.47. The maximum Gasteiger partial charge on any atom is 0.141 e. The molecule has 15 heavy (non-hydrogen) atoms. The largest absolute Gasteiger partial charge is 0.382 e. The van der Waals surface area contributed by atoms with Gasteiger partial charge in [-0.25, -0.2) is 4.39 Å². The van der Waals surface area contributed by atoms with Crippen LogP contribution in [0.15, 0.2) is 18.3 Å². The van der Waals surface area contributed by atoms with E-state index in [1.165, 1.54) is 19.1 Å². The highest BCUT2D eigenvalue weighted by Crippen LogP contribution is 2.29. The highest BCUT2D eigenvalue weighted by atomic mass is 19.1. The van der Waals surface area contributed by atoms with Crippen molar-refractivity contribution >= 4 is 0 Å². The third-order valence-corrected chi connectivity index (χ3v) is 2.49. The molecule has 0 spiro atoms. The first-order chi connectivity index (χ1) is 7.02. The van der Waals surface area contributed by atoms with Crippen LogP contribution >= 0.6 is 0 Å². The van der Waals surface area contributed by atoms with Gasteiger partial charge in [-0.1, -0.05) is 6.92 Å². The van der Waals surface area contributed by atoms with E-state index in [1.54, 1.807) is 0 Å². The van der Waals surface area contributed by atoms with Crippen molar-refractivity contribution in [3.05, 3.63) is 29.8 Å².